The van der Waals surface area contributed by atoms with Gasteiger partial charge in [0.1, 0.15) is 5.75 Å². The normalized spacial score (nSPS) is 18.8. The summed E-state index contributed by atoms with van der Waals surface area (Å²) in [6.45, 7) is 10.2. The van der Waals surface area contributed by atoms with Gasteiger partial charge < -0.3 is 26.4 Å². The fourth-order valence-corrected chi connectivity index (χ4v) is 8.19. The van der Waals surface area contributed by atoms with Crippen molar-refractivity contribution in [2.75, 3.05) is 24.1 Å². The maximum Gasteiger partial charge on any atom is 0.263 e. The van der Waals surface area contributed by atoms with Crippen LogP contribution < -0.4 is 16.4 Å². The minimum absolute atomic E-state index is 0.0983. The summed E-state index contributed by atoms with van der Waals surface area (Å²) < 4.78 is 0. The van der Waals surface area contributed by atoms with Crippen LogP contribution in [-0.2, 0) is 9.59 Å². The maximum absolute atomic E-state index is 13.4. The molecule has 2 aliphatic heterocycles. The number of aromatic hydroxyl groups is 1. The van der Waals surface area contributed by atoms with Gasteiger partial charge in [0.05, 0.1) is 16.8 Å². The van der Waals surface area contributed by atoms with E-state index >= 15 is 0 Å². The van der Waals surface area contributed by atoms with Crippen LogP contribution in [0.4, 0.5) is 11.5 Å². The van der Waals surface area contributed by atoms with Crippen LogP contribution in [0.1, 0.15) is 111 Å². The molecule has 1 unspecified atom stereocenters. The molecule has 2 fully saturated rings. The van der Waals surface area contributed by atoms with Gasteiger partial charge in [0.15, 0.2) is 5.82 Å². The van der Waals surface area contributed by atoms with Gasteiger partial charge in [-0.15, -0.1) is 10.2 Å². The third-order valence-electron chi connectivity index (χ3n) is 11.0. The Morgan fingerprint density at radius 1 is 0.839 bits per heavy atom. The van der Waals surface area contributed by atoms with Crippen molar-refractivity contribution in [2.45, 2.75) is 103 Å². The lowest BCUT2D eigenvalue weighted by Gasteiger charge is -2.41. The molecule has 1 aliphatic carbocycles. The highest BCUT2D eigenvalue weighted by Gasteiger charge is 2.40. The standard InChI is InChI=1S/C40H46N6O3.C2H3NO2.C2H6/c1-3-7-25(2)46-39(48)32-9-6-10-34(37(32)40(46)49)42-29-16-18-30(19-17-29)45-22-20-27(21-23-45)26-12-14-28(15-13-26)33-24-35(43-44-38(33)41)31-8-4-5-11-36(31)47;4-1-3-2-5;1-2/h4-6,8-15,24-25,27,29-30,42,47H,3,7,16-23H2,1-2H3,(H2,41,44);1-2H,(H,3,4,5);1-2H3. The number of benzene rings is 3. The number of imide groups is 2. The molecule has 1 saturated carbocycles. The topological polar surface area (TPSA) is 171 Å². The van der Waals surface area contributed by atoms with Crippen LogP contribution in [0.15, 0.2) is 72.8 Å². The fourth-order valence-electron chi connectivity index (χ4n) is 8.19. The summed E-state index contributed by atoms with van der Waals surface area (Å²) in [5.41, 5.74) is 12.5. The number of anilines is 2. The number of nitrogens with one attached hydrogen (secondary N) is 2. The van der Waals surface area contributed by atoms with Gasteiger partial charge in [-0.1, -0.05) is 69.7 Å². The summed E-state index contributed by atoms with van der Waals surface area (Å²) in [7, 11) is 0. The number of piperidine rings is 1. The van der Waals surface area contributed by atoms with E-state index in [2.05, 4.69) is 51.6 Å². The number of aromatic nitrogens is 2. The summed E-state index contributed by atoms with van der Waals surface area (Å²) in [6, 6.07) is 24.1. The highest BCUT2D eigenvalue weighted by Crippen LogP contribution is 2.37. The highest BCUT2D eigenvalue weighted by atomic mass is 16.3. The van der Waals surface area contributed by atoms with Crippen LogP contribution in [0.2, 0.25) is 0 Å². The first-order valence-electron chi connectivity index (χ1n) is 19.9. The van der Waals surface area contributed by atoms with Gasteiger partial charge >= 0.3 is 0 Å². The molecular formula is C44H55N7O5. The van der Waals surface area contributed by atoms with Crippen LogP contribution in [0, 0.1) is 0 Å². The van der Waals surface area contributed by atoms with Crippen molar-refractivity contribution in [2.24, 2.45) is 0 Å². The zero-order chi connectivity index (χ0) is 40.2. The lowest BCUT2D eigenvalue weighted by Crippen LogP contribution is -2.44. The van der Waals surface area contributed by atoms with Crippen molar-refractivity contribution in [3.63, 3.8) is 0 Å². The summed E-state index contributed by atoms with van der Waals surface area (Å²) in [5, 5.41) is 24.1. The number of nitrogens with two attached hydrogens (primary N) is 1. The number of nitrogen functional groups attached to an aromatic ring is 1. The Balaban J connectivity index is 0.000000795. The number of amides is 4. The predicted molar refractivity (Wildman–Crippen MR) is 220 cm³/mol. The minimum atomic E-state index is -0.164. The number of hydrogen-bond donors (Lipinski definition) is 4. The zero-order valence-electron chi connectivity index (χ0n) is 32.9. The van der Waals surface area contributed by atoms with Crippen LogP contribution in [-0.4, -0.2) is 81.0 Å². The lowest BCUT2D eigenvalue weighted by molar-refractivity contribution is -0.117. The van der Waals surface area contributed by atoms with Gasteiger partial charge in [-0.05, 0) is 112 Å². The molecule has 0 bridgehead atoms. The van der Waals surface area contributed by atoms with Crippen LogP contribution in [0.3, 0.4) is 0 Å². The Morgan fingerprint density at radius 3 is 2.12 bits per heavy atom. The molecule has 3 aliphatic rings. The molecule has 0 radical (unpaired) electrons. The molecule has 7 rings (SSSR count). The van der Waals surface area contributed by atoms with Gasteiger partial charge in [-0.2, -0.15) is 0 Å². The number of carbonyl (C=O) groups is 4. The molecule has 5 N–H and O–H groups in total. The molecular weight excluding hydrogens is 707 g/mol. The SMILES string of the molecule is CC.CCCC(C)N1C(=O)c2cccc(NC3CCC(N4CCC(c5ccc(-c6cc(-c7ccccc7O)nnc6N)cc5)CC4)CC3)c2C1=O.O=CNC=O. The quantitative estimate of drug-likeness (QED) is 0.0892. The van der Waals surface area contributed by atoms with E-state index in [-0.39, 0.29) is 23.6 Å². The van der Waals surface area contributed by atoms with E-state index in [4.69, 9.17) is 15.3 Å². The van der Waals surface area contributed by atoms with Gasteiger partial charge in [-0.25, -0.2) is 0 Å². The van der Waals surface area contributed by atoms with E-state index < -0.39 is 0 Å². The van der Waals surface area contributed by atoms with Gasteiger partial charge in [0.2, 0.25) is 12.8 Å². The summed E-state index contributed by atoms with van der Waals surface area (Å²) in [4.78, 5) is 48.7. The third-order valence-corrected chi connectivity index (χ3v) is 11.0. The molecule has 3 heterocycles. The van der Waals surface area contributed by atoms with E-state index in [0.717, 1.165) is 81.3 Å². The second-order valence-electron chi connectivity index (χ2n) is 14.4. The predicted octanol–water partition coefficient (Wildman–Crippen LogP) is 7.40. The van der Waals surface area contributed by atoms with E-state index in [1.807, 2.05) is 51.1 Å². The van der Waals surface area contributed by atoms with E-state index in [1.165, 1.54) is 10.5 Å². The van der Waals surface area contributed by atoms with Crippen LogP contribution in [0.5, 0.6) is 5.75 Å². The number of phenols is 1. The number of hydrogen-bond acceptors (Lipinski definition) is 10. The van der Waals surface area contributed by atoms with Crippen molar-refractivity contribution in [3.05, 3.63) is 89.5 Å². The van der Waals surface area contributed by atoms with E-state index in [1.54, 1.807) is 23.5 Å². The number of rotatable bonds is 11. The molecule has 12 nitrogen and oxygen atoms in total. The first-order valence-corrected chi connectivity index (χ1v) is 19.9. The molecule has 3 aromatic carbocycles. The Bertz CT molecular complexity index is 1950. The fraction of sp³-hybridized carbons (Fsp3) is 0.409. The molecule has 296 valence electrons. The number of carbonyl (C=O) groups excluding carboxylic acids is 4. The number of likely N-dealkylation sites (tertiary alicyclic amines) is 1. The Hall–Kier alpha value is -5.62. The highest BCUT2D eigenvalue weighted by molar-refractivity contribution is 6.24. The number of phenolic OH excluding ortho intramolecular Hbond substituents is 1. The summed E-state index contributed by atoms with van der Waals surface area (Å²) in [6.07, 6.45) is 8.98. The minimum Gasteiger partial charge on any atom is -0.507 e. The molecule has 1 atom stereocenters. The van der Waals surface area contributed by atoms with Gasteiger partial charge in [0, 0.05) is 34.9 Å². The van der Waals surface area contributed by atoms with Crippen molar-refractivity contribution in [1.29, 1.82) is 0 Å². The molecule has 12 heteroatoms. The molecule has 56 heavy (non-hydrogen) atoms. The van der Waals surface area contributed by atoms with Crippen molar-refractivity contribution < 1.29 is 24.3 Å². The zero-order valence-corrected chi connectivity index (χ0v) is 32.9. The average molecular weight is 762 g/mol. The Labute approximate surface area is 329 Å². The largest absolute Gasteiger partial charge is 0.507 e. The Morgan fingerprint density at radius 2 is 1.50 bits per heavy atom. The molecule has 0 spiro atoms. The summed E-state index contributed by atoms with van der Waals surface area (Å²) in [5.74, 6) is 0.724. The van der Waals surface area contributed by atoms with Crippen LogP contribution in [0.25, 0.3) is 22.4 Å². The molecule has 4 aromatic rings. The van der Waals surface area contributed by atoms with Gasteiger partial charge in [0.25, 0.3) is 11.8 Å². The monoisotopic (exact) mass is 761 g/mol. The van der Waals surface area contributed by atoms with Crippen molar-refractivity contribution >= 4 is 36.1 Å². The first kappa shape index (κ1) is 41.5. The van der Waals surface area contributed by atoms with E-state index in [0.29, 0.717) is 59.0 Å². The lowest BCUT2D eigenvalue weighted by atomic mass is 9.85. The number of nitrogens with zero attached hydrogens (tertiary/aromatic N) is 4. The average Bonchev–Trinajstić information content (AvgIpc) is 3.49. The second-order valence-corrected chi connectivity index (χ2v) is 14.4. The second kappa shape index (κ2) is 19.8. The smallest absolute Gasteiger partial charge is 0.263 e. The Kier molecular flexibility index (Phi) is 14.7. The molecule has 1 saturated heterocycles. The van der Waals surface area contributed by atoms with E-state index in [9.17, 15) is 14.7 Å². The molecule has 1 aromatic heterocycles. The first-order chi connectivity index (χ1) is 27.2. The maximum atomic E-state index is 13.4. The van der Waals surface area contributed by atoms with Crippen LogP contribution >= 0.6 is 0 Å². The number of para-hydroxylation sites is 1. The summed E-state index contributed by atoms with van der Waals surface area (Å²) >= 11 is 0. The number of fused-ring (bicyclic) bond motifs is 1. The third kappa shape index (κ3) is 9.42. The van der Waals surface area contributed by atoms with Crippen molar-refractivity contribution in [1.82, 2.24) is 25.3 Å². The molecule has 4 amide bonds. The van der Waals surface area contributed by atoms with Gasteiger partial charge in [-0.3, -0.25) is 24.1 Å². The van der Waals surface area contributed by atoms with Crippen molar-refractivity contribution in [3.8, 4) is 28.1 Å².